The van der Waals surface area contributed by atoms with Gasteiger partial charge in [0.2, 0.25) is 0 Å². The standard InChI is InChI=1S/C13H17N5O/c1-4-14-11-8-10(5-6-15-11)13(19)16-12-7-9(2)17-18(12)3/h5-8H,4H2,1-3H3,(H,14,15)(H,16,19). The summed E-state index contributed by atoms with van der Waals surface area (Å²) in [5.41, 5.74) is 1.42. The second kappa shape index (κ2) is 5.51. The van der Waals surface area contributed by atoms with Gasteiger partial charge in [0.15, 0.2) is 0 Å². The summed E-state index contributed by atoms with van der Waals surface area (Å²) in [7, 11) is 1.79. The van der Waals surface area contributed by atoms with Gasteiger partial charge in [0, 0.05) is 31.4 Å². The second-order valence-electron chi connectivity index (χ2n) is 4.21. The minimum absolute atomic E-state index is 0.176. The molecule has 6 nitrogen and oxygen atoms in total. The topological polar surface area (TPSA) is 71.8 Å². The molecule has 1 amide bonds. The predicted octanol–water partition coefficient (Wildman–Crippen LogP) is 1.81. The molecule has 2 aromatic rings. The minimum Gasteiger partial charge on any atom is -0.370 e. The zero-order chi connectivity index (χ0) is 13.8. The van der Waals surface area contributed by atoms with Crippen molar-refractivity contribution in [1.82, 2.24) is 14.8 Å². The maximum atomic E-state index is 12.1. The Morgan fingerprint density at radius 2 is 2.21 bits per heavy atom. The summed E-state index contributed by atoms with van der Waals surface area (Å²) in [6.45, 7) is 4.62. The number of aromatic nitrogens is 3. The van der Waals surface area contributed by atoms with E-state index < -0.39 is 0 Å². The first-order chi connectivity index (χ1) is 9.10. The van der Waals surface area contributed by atoms with Crippen molar-refractivity contribution in [3.05, 3.63) is 35.7 Å². The first-order valence-corrected chi connectivity index (χ1v) is 6.12. The number of carbonyl (C=O) groups is 1. The number of aryl methyl sites for hydroxylation is 2. The van der Waals surface area contributed by atoms with Crippen molar-refractivity contribution >= 4 is 17.5 Å². The van der Waals surface area contributed by atoms with Crippen LogP contribution in [0.15, 0.2) is 24.4 Å². The molecule has 0 aliphatic carbocycles. The van der Waals surface area contributed by atoms with E-state index in [9.17, 15) is 4.79 Å². The molecule has 2 rings (SSSR count). The predicted molar refractivity (Wildman–Crippen MR) is 74.3 cm³/mol. The SMILES string of the molecule is CCNc1cc(C(=O)Nc2cc(C)nn2C)ccn1. The van der Waals surface area contributed by atoms with Crippen LogP contribution in [-0.2, 0) is 7.05 Å². The van der Waals surface area contributed by atoms with Gasteiger partial charge in [-0.3, -0.25) is 9.48 Å². The van der Waals surface area contributed by atoms with Gasteiger partial charge in [-0.05, 0) is 26.0 Å². The van der Waals surface area contributed by atoms with Crippen LogP contribution in [0.2, 0.25) is 0 Å². The van der Waals surface area contributed by atoms with E-state index in [0.717, 1.165) is 12.2 Å². The maximum absolute atomic E-state index is 12.1. The summed E-state index contributed by atoms with van der Waals surface area (Å²) in [5.74, 6) is 1.19. The Hall–Kier alpha value is -2.37. The average Bonchev–Trinajstić information content (AvgIpc) is 2.68. The van der Waals surface area contributed by atoms with Gasteiger partial charge in [0.25, 0.3) is 5.91 Å². The second-order valence-corrected chi connectivity index (χ2v) is 4.21. The normalized spacial score (nSPS) is 10.3. The molecule has 0 aliphatic rings. The van der Waals surface area contributed by atoms with E-state index in [1.807, 2.05) is 19.9 Å². The first kappa shape index (κ1) is 13.1. The molecule has 2 heterocycles. The molecule has 0 atom stereocenters. The Labute approximate surface area is 111 Å². The number of anilines is 2. The summed E-state index contributed by atoms with van der Waals surface area (Å²) in [6.07, 6.45) is 1.61. The molecular formula is C13H17N5O. The van der Waals surface area contributed by atoms with Gasteiger partial charge in [-0.15, -0.1) is 0 Å². The Bertz CT molecular complexity index is 590. The highest BCUT2D eigenvalue weighted by Gasteiger charge is 2.10. The maximum Gasteiger partial charge on any atom is 0.256 e. The van der Waals surface area contributed by atoms with Crippen molar-refractivity contribution in [3.8, 4) is 0 Å². The van der Waals surface area contributed by atoms with Gasteiger partial charge in [0.05, 0.1) is 5.69 Å². The van der Waals surface area contributed by atoms with Crippen molar-refractivity contribution in [3.63, 3.8) is 0 Å². The third-order valence-corrected chi connectivity index (χ3v) is 2.62. The zero-order valence-electron chi connectivity index (χ0n) is 11.3. The van der Waals surface area contributed by atoms with Crippen LogP contribution in [0.25, 0.3) is 0 Å². The van der Waals surface area contributed by atoms with Gasteiger partial charge in [0.1, 0.15) is 11.6 Å². The molecule has 6 heteroatoms. The highest BCUT2D eigenvalue weighted by molar-refractivity contribution is 6.04. The summed E-state index contributed by atoms with van der Waals surface area (Å²) in [6, 6.07) is 5.23. The summed E-state index contributed by atoms with van der Waals surface area (Å²) < 4.78 is 1.64. The van der Waals surface area contributed by atoms with Crippen LogP contribution < -0.4 is 10.6 Å². The van der Waals surface area contributed by atoms with Crippen LogP contribution in [0.5, 0.6) is 0 Å². The number of carbonyl (C=O) groups excluding carboxylic acids is 1. The Balaban J connectivity index is 2.15. The van der Waals surface area contributed by atoms with Crippen molar-refractivity contribution in [2.75, 3.05) is 17.2 Å². The lowest BCUT2D eigenvalue weighted by atomic mass is 10.2. The molecule has 0 aliphatic heterocycles. The monoisotopic (exact) mass is 259 g/mol. The lowest BCUT2D eigenvalue weighted by molar-refractivity contribution is 0.102. The largest absolute Gasteiger partial charge is 0.370 e. The van der Waals surface area contributed by atoms with Crippen LogP contribution >= 0.6 is 0 Å². The average molecular weight is 259 g/mol. The van der Waals surface area contributed by atoms with Gasteiger partial charge < -0.3 is 10.6 Å². The quantitative estimate of drug-likeness (QED) is 0.878. The molecule has 0 bridgehead atoms. The van der Waals surface area contributed by atoms with Crippen LogP contribution in [0.3, 0.4) is 0 Å². The molecule has 0 saturated carbocycles. The van der Waals surface area contributed by atoms with Gasteiger partial charge in [-0.1, -0.05) is 0 Å². The molecular weight excluding hydrogens is 242 g/mol. The summed E-state index contributed by atoms with van der Waals surface area (Å²) >= 11 is 0. The van der Waals surface area contributed by atoms with E-state index in [1.165, 1.54) is 0 Å². The van der Waals surface area contributed by atoms with E-state index in [-0.39, 0.29) is 5.91 Å². The summed E-state index contributed by atoms with van der Waals surface area (Å²) in [5, 5.41) is 10.1. The highest BCUT2D eigenvalue weighted by Crippen LogP contribution is 2.12. The molecule has 0 saturated heterocycles. The molecule has 0 fully saturated rings. The molecule has 0 aromatic carbocycles. The van der Waals surface area contributed by atoms with E-state index in [0.29, 0.717) is 17.2 Å². The fourth-order valence-electron chi connectivity index (χ4n) is 1.77. The smallest absolute Gasteiger partial charge is 0.256 e. The van der Waals surface area contributed by atoms with Crippen molar-refractivity contribution in [2.24, 2.45) is 7.05 Å². The molecule has 0 spiro atoms. The lowest BCUT2D eigenvalue weighted by Crippen LogP contribution is -2.15. The van der Waals surface area contributed by atoms with Crippen LogP contribution in [-0.4, -0.2) is 27.2 Å². The molecule has 0 radical (unpaired) electrons. The number of rotatable bonds is 4. The van der Waals surface area contributed by atoms with Gasteiger partial charge >= 0.3 is 0 Å². The van der Waals surface area contributed by atoms with Crippen LogP contribution in [0.1, 0.15) is 23.0 Å². The van der Waals surface area contributed by atoms with Gasteiger partial charge in [-0.25, -0.2) is 4.98 Å². The number of amides is 1. The lowest BCUT2D eigenvalue weighted by Gasteiger charge is -2.07. The van der Waals surface area contributed by atoms with E-state index in [2.05, 4.69) is 20.7 Å². The summed E-state index contributed by atoms with van der Waals surface area (Å²) in [4.78, 5) is 16.3. The molecule has 0 unspecified atom stereocenters. The van der Waals surface area contributed by atoms with Crippen LogP contribution in [0, 0.1) is 6.92 Å². The Morgan fingerprint density at radius 3 is 2.84 bits per heavy atom. The number of hydrogen-bond donors (Lipinski definition) is 2. The molecule has 2 aromatic heterocycles. The van der Waals surface area contributed by atoms with Crippen molar-refractivity contribution in [2.45, 2.75) is 13.8 Å². The van der Waals surface area contributed by atoms with Crippen LogP contribution in [0.4, 0.5) is 11.6 Å². The van der Waals surface area contributed by atoms with E-state index >= 15 is 0 Å². The highest BCUT2D eigenvalue weighted by atomic mass is 16.1. The fraction of sp³-hybridized carbons (Fsp3) is 0.308. The number of pyridine rings is 1. The third-order valence-electron chi connectivity index (χ3n) is 2.62. The van der Waals surface area contributed by atoms with Gasteiger partial charge in [-0.2, -0.15) is 5.10 Å². The van der Waals surface area contributed by atoms with E-state index in [4.69, 9.17) is 0 Å². The third kappa shape index (κ3) is 3.09. The molecule has 19 heavy (non-hydrogen) atoms. The fourth-order valence-corrected chi connectivity index (χ4v) is 1.77. The molecule has 2 N–H and O–H groups in total. The Kier molecular flexibility index (Phi) is 3.79. The Morgan fingerprint density at radius 1 is 1.42 bits per heavy atom. The van der Waals surface area contributed by atoms with Crippen molar-refractivity contribution < 1.29 is 4.79 Å². The first-order valence-electron chi connectivity index (χ1n) is 6.12. The van der Waals surface area contributed by atoms with E-state index in [1.54, 1.807) is 30.1 Å². The minimum atomic E-state index is -0.176. The number of hydrogen-bond acceptors (Lipinski definition) is 4. The number of nitrogens with one attached hydrogen (secondary N) is 2. The number of nitrogens with zero attached hydrogens (tertiary/aromatic N) is 3. The zero-order valence-corrected chi connectivity index (χ0v) is 11.3. The van der Waals surface area contributed by atoms with Crippen molar-refractivity contribution in [1.29, 1.82) is 0 Å². The molecule has 100 valence electrons.